The van der Waals surface area contributed by atoms with Gasteiger partial charge < -0.3 is 18.9 Å². The molecule has 3 rings (SSSR count). The Morgan fingerprint density at radius 3 is 2.92 bits per heavy atom. The van der Waals surface area contributed by atoms with Crippen LogP contribution in [0, 0.1) is 0 Å². The highest BCUT2D eigenvalue weighted by atomic mass is 16.5. The van der Waals surface area contributed by atoms with Gasteiger partial charge in [0.15, 0.2) is 12.4 Å². The van der Waals surface area contributed by atoms with E-state index in [1.807, 2.05) is 35.2 Å². The highest BCUT2D eigenvalue weighted by molar-refractivity contribution is 5.77. The van der Waals surface area contributed by atoms with Crippen molar-refractivity contribution in [3.63, 3.8) is 0 Å². The number of carbonyl (C=O) groups is 1. The Hall–Kier alpha value is -2.41. The lowest BCUT2D eigenvalue weighted by atomic mass is 9.81. The number of nitrogens with zero attached hydrogens (tertiary/aromatic N) is 3. The zero-order chi connectivity index (χ0) is 17.7. The van der Waals surface area contributed by atoms with Crippen LogP contribution in [0.4, 0.5) is 0 Å². The van der Waals surface area contributed by atoms with Crippen LogP contribution in [0.2, 0.25) is 0 Å². The number of amides is 1. The van der Waals surface area contributed by atoms with Gasteiger partial charge in [-0.2, -0.15) is 4.98 Å². The van der Waals surface area contributed by atoms with Crippen molar-refractivity contribution in [2.45, 2.75) is 31.8 Å². The summed E-state index contributed by atoms with van der Waals surface area (Å²) in [6, 6.07) is 9.49. The molecule has 1 atom stereocenters. The fourth-order valence-corrected chi connectivity index (χ4v) is 3.07. The zero-order valence-electron chi connectivity index (χ0n) is 14.6. The van der Waals surface area contributed by atoms with Crippen LogP contribution in [0.5, 0.6) is 5.75 Å². The Kier molecular flexibility index (Phi) is 5.33. The van der Waals surface area contributed by atoms with Gasteiger partial charge in [-0.05, 0) is 25.0 Å². The standard InChI is InChI=1S/C18H23N3O4/c1-18(9-6-10-21(13-18)16(22)12-23-2)17-19-15(25-20-17)11-24-14-7-4-3-5-8-14/h3-5,7-8H,6,9-13H2,1-2H3. The van der Waals surface area contributed by atoms with Crippen LogP contribution in [0.3, 0.4) is 0 Å². The maximum atomic E-state index is 12.1. The molecular weight excluding hydrogens is 322 g/mol. The molecule has 0 saturated carbocycles. The lowest BCUT2D eigenvalue weighted by Crippen LogP contribution is -2.48. The van der Waals surface area contributed by atoms with Gasteiger partial charge in [-0.3, -0.25) is 4.79 Å². The number of para-hydroxylation sites is 1. The topological polar surface area (TPSA) is 77.7 Å². The third-order valence-electron chi connectivity index (χ3n) is 4.43. The summed E-state index contributed by atoms with van der Waals surface area (Å²) in [4.78, 5) is 18.4. The zero-order valence-corrected chi connectivity index (χ0v) is 14.6. The number of methoxy groups -OCH3 is 1. The van der Waals surface area contributed by atoms with E-state index in [2.05, 4.69) is 17.1 Å². The average molecular weight is 345 g/mol. The first-order valence-corrected chi connectivity index (χ1v) is 8.38. The molecule has 0 aliphatic carbocycles. The lowest BCUT2D eigenvalue weighted by molar-refractivity contribution is -0.137. The first-order valence-electron chi connectivity index (χ1n) is 8.38. The van der Waals surface area contributed by atoms with E-state index >= 15 is 0 Å². The Balaban J connectivity index is 1.64. The fraction of sp³-hybridized carbons (Fsp3) is 0.500. The van der Waals surface area contributed by atoms with Crippen molar-refractivity contribution in [1.82, 2.24) is 15.0 Å². The minimum absolute atomic E-state index is 0.00967. The molecule has 2 aromatic rings. The molecule has 1 aromatic carbocycles. The van der Waals surface area contributed by atoms with Crippen molar-refractivity contribution in [3.8, 4) is 5.75 Å². The molecule has 0 bridgehead atoms. The smallest absolute Gasteiger partial charge is 0.264 e. The van der Waals surface area contributed by atoms with Crippen LogP contribution in [0.1, 0.15) is 31.5 Å². The third-order valence-corrected chi connectivity index (χ3v) is 4.43. The average Bonchev–Trinajstić information content (AvgIpc) is 3.11. The fourth-order valence-electron chi connectivity index (χ4n) is 3.07. The number of hydrogen-bond donors (Lipinski definition) is 0. The van der Waals surface area contributed by atoms with E-state index in [0.717, 1.165) is 25.1 Å². The van der Waals surface area contributed by atoms with E-state index in [4.69, 9.17) is 14.0 Å². The number of rotatable bonds is 6. The van der Waals surface area contributed by atoms with Gasteiger partial charge in [-0.15, -0.1) is 0 Å². The number of piperidine rings is 1. The van der Waals surface area contributed by atoms with Crippen molar-refractivity contribution in [1.29, 1.82) is 0 Å². The van der Waals surface area contributed by atoms with Crippen LogP contribution in [-0.2, 0) is 21.6 Å². The molecule has 1 saturated heterocycles. The van der Waals surface area contributed by atoms with Gasteiger partial charge >= 0.3 is 0 Å². The molecule has 2 heterocycles. The summed E-state index contributed by atoms with van der Waals surface area (Å²) in [6.45, 7) is 3.68. The molecule has 7 nitrogen and oxygen atoms in total. The quantitative estimate of drug-likeness (QED) is 0.798. The minimum atomic E-state index is -0.323. The molecule has 134 valence electrons. The van der Waals surface area contributed by atoms with E-state index in [1.54, 1.807) is 0 Å². The van der Waals surface area contributed by atoms with E-state index < -0.39 is 0 Å². The number of hydrogen-bond acceptors (Lipinski definition) is 6. The molecule has 1 amide bonds. The summed E-state index contributed by atoms with van der Waals surface area (Å²) in [7, 11) is 1.53. The predicted molar refractivity (Wildman–Crippen MR) is 90.1 cm³/mol. The maximum absolute atomic E-state index is 12.1. The van der Waals surface area contributed by atoms with Gasteiger partial charge in [0, 0.05) is 25.6 Å². The SMILES string of the molecule is COCC(=O)N1CCCC(C)(c2noc(COc3ccccc3)n2)C1. The number of likely N-dealkylation sites (tertiary alicyclic amines) is 1. The first-order chi connectivity index (χ1) is 12.1. The summed E-state index contributed by atoms with van der Waals surface area (Å²) in [5.74, 6) is 1.79. The summed E-state index contributed by atoms with van der Waals surface area (Å²) in [5, 5.41) is 4.13. The Labute approximate surface area is 146 Å². The molecule has 0 spiro atoms. The van der Waals surface area contributed by atoms with Gasteiger partial charge in [-0.1, -0.05) is 30.3 Å². The Morgan fingerprint density at radius 1 is 1.36 bits per heavy atom. The Bertz CT molecular complexity index is 703. The summed E-state index contributed by atoms with van der Waals surface area (Å²) >= 11 is 0. The van der Waals surface area contributed by atoms with Crippen molar-refractivity contribution < 1.29 is 18.8 Å². The molecule has 1 fully saturated rings. The molecule has 1 aliphatic rings. The van der Waals surface area contributed by atoms with Crippen molar-refractivity contribution in [2.75, 3.05) is 26.8 Å². The monoisotopic (exact) mass is 345 g/mol. The van der Waals surface area contributed by atoms with Crippen LogP contribution >= 0.6 is 0 Å². The third kappa shape index (κ3) is 4.17. The predicted octanol–water partition coefficient (Wildman–Crippen LogP) is 2.18. The number of aromatic nitrogens is 2. The van der Waals surface area contributed by atoms with E-state index in [1.165, 1.54) is 7.11 Å². The van der Waals surface area contributed by atoms with E-state index in [0.29, 0.717) is 18.3 Å². The maximum Gasteiger partial charge on any atom is 0.264 e. The van der Waals surface area contributed by atoms with Crippen molar-refractivity contribution in [2.24, 2.45) is 0 Å². The van der Waals surface area contributed by atoms with Gasteiger partial charge in [-0.25, -0.2) is 0 Å². The molecule has 1 aliphatic heterocycles. The molecule has 1 aromatic heterocycles. The van der Waals surface area contributed by atoms with E-state index in [9.17, 15) is 4.79 Å². The molecule has 1 unspecified atom stereocenters. The second-order valence-corrected chi connectivity index (χ2v) is 6.53. The van der Waals surface area contributed by atoms with E-state index in [-0.39, 0.29) is 24.5 Å². The second kappa shape index (κ2) is 7.65. The number of carbonyl (C=O) groups excluding carboxylic acids is 1. The van der Waals surface area contributed by atoms with Gasteiger partial charge in [0.2, 0.25) is 5.91 Å². The summed E-state index contributed by atoms with van der Waals surface area (Å²) in [5.41, 5.74) is -0.323. The normalized spacial score (nSPS) is 20.5. The number of benzene rings is 1. The van der Waals surface area contributed by atoms with Crippen molar-refractivity contribution in [3.05, 3.63) is 42.0 Å². The van der Waals surface area contributed by atoms with Gasteiger partial charge in [0.05, 0.1) is 0 Å². The first kappa shape index (κ1) is 17.4. The Morgan fingerprint density at radius 2 is 2.16 bits per heavy atom. The number of ether oxygens (including phenoxy) is 2. The van der Waals surface area contributed by atoms with Crippen LogP contribution in [-0.4, -0.2) is 47.8 Å². The van der Waals surface area contributed by atoms with Crippen LogP contribution < -0.4 is 4.74 Å². The molecule has 0 N–H and O–H groups in total. The molecule has 25 heavy (non-hydrogen) atoms. The highest BCUT2D eigenvalue weighted by Crippen LogP contribution is 2.32. The summed E-state index contributed by atoms with van der Waals surface area (Å²) < 4.78 is 15.9. The summed E-state index contributed by atoms with van der Waals surface area (Å²) in [6.07, 6.45) is 1.80. The minimum Gasteiger partial charge on any atom is -0.484 e. The molecule has 0 radical (unpaired) electrons. The van der Waals surface area contributed by atoms with Gasteiger partial charge in [0.1, 0.15) is 12.4 Å². The van der Waals surface area contributed by atoms with Gasteiger partial charge in [0.25, 0.3) is 5.89 Å². The molecule has 7 heteroatoms. The van der Waals surface area contributed by atoms with Crippen LogP contribution in [0.15, 0.2) is 34.9 Å². The van der Waals surface area contributed by atoms with Crippen LogP contribution in [0.25, 0.3) is 0 Å². The van der Waals surface area contributed by atoms with Crippen molar-refractivity contribution >= 4 is 5.91 Å². The largest absolute Gasteiger partial charge is 0.484 e. The second-order valence-electron chi connectivity index (χ2n) is 6.53. The highest BCUT2D eigenvalue weighted by Gasteiger charge is 2.38. The molecular formula is C18H23N3O4. The lowest BCUT2D eigenvalue weighted by Gasteiger charge is -2.38.